The van der Waals surface area contributed by atoms with Crippen molar-refractivity contribution in [2.24, 2.45) is 0 Å². The van der Waals surface area contributed by atoms with Crippen molar-refractivity contribution in [3.8, 4) is 0 Å². The Kier molecular flexibility index (Phi) is 7.03. The molecule has 3 heterocycles. The van der Waals surface area contributed by atoms with E-state index in [0.29, 0.717) is 18.7 Å². The summed E-state index contributed by atoms with van der Waals surface area (Å²) >= 11 is 1.50. The summed E-state index contributed by atoms with van der Waals surface area (Å²) in [5.41, 5.74) is 4.50. The van der Waals surface area contributed by atoms with Gasteiger partial charge in [-0.3, -0.25) is 14.6 Å². The minimum absolute atomic E-state index is 0.204. The van der Waals surface area contributed by atoms with Crippen LogP contribution < -0.4 is 5.43 Å². The lowest BCUT2D eigenvalue weighted by atomic mass is 9.98. The number of aryl methyl sites for hydroxylation is 2. The normalized spacial score (nSPS) is 11.9. The first-order valence-corrected chi connectivity index (χ1v) is 12.1. The lowest BCUT2D eigenvalue weighted by molar-refractivity contribution is 0.0739. The molecule has 1 unspecified atom stereocenters. The van der Waals surface area contributed by atoms with E-state index in [4.69, 9.17) is 0 Å². The fraction of sp³-hybridized carbons (Fsp3) is 0.259. The van der Waals surface area contributed by atoms with Crippen LogP contribution >= 0.6 is 11.3 Å². The molecular formula is C27H28N4O2S. The second kappa shape index (κ2) is 10.1. The number of amides is 1. The molecule has 0 spiro atoms. The fourth-order valence-electron chi connectivity index (χ4n) is 4.06. The van der Waals surface area contributed by atoms with E-state index in [-0.39, 0.29) is 22.9 Å². The van der Waals surface area contributed by atoms with Crippen molar-refractivity contribution < 1.29 is 4.79 Å². The summed E-state index contributed by atoms with van der Waals surface area (Å²) in [5.74, 6) is -0.300. The first-order valence-electron chi connectivity index (χ1n) is 11.2. The zero-order valence-electron chi connectivity index (χ0n) is 19.9. The van der Waals surface area contributed by atoms with Gasteiger partial charge in [-0.1, -0.05) is 30.3 Å². The Morgan fingerprint density at radius 2 is 1.85 bits per heavy atom. The van der Waals surface area contributed by atoms with Gasteiger partial charge < -0.3 is 9.47 Å². The lowest BCUT2D eigenvalue weighted by Crippen LogP contribution is -2.36. The van der Waals surface area contributed by atoms with Crippen molar-refractivity contribution in [2.45, 2.75) is 39.8 Å². The maximum Gasteiger partial charge on any atom is 0.259 e. The van der Waals surface area contributed by atoms with E-state index in [0.717, 1.165) is 27.5 Å². The number of rotatable bonds is 7. The molecule has 1 atom stereocenters. The van der Waals surface area contributed by atoms with Crippen molar-refractivity contribution >= 4 is 17.2 Å². The molecule has 0 aliphatic heterocycles. The number of hydrogen-bond acceptors (Lipinski definition) is 5. The smallest absolute Gasteiger partial charge is 0.259 e. The number of nitrogens with zero attached hydrogens (tertiary/aromatic N) is 4. The van der Waals surface area contributed by atoms with E-state index in [1.807, 2.05) is 73.2 Å². The predicted molar refractivity (Wildman–Crippen MR) is 135 cm³/mol. The standard InChI is InChI=1S/C27H28N4O2S/c1-18-9-5-6-10-21(18)16-23-25(27(33)30(4)20(3)26-29-13-14-34-26)24(32)15-19(2)31(23)17-22-11-7-8-12-28-22/h5-15,20H,16-17H2,1-4H3. The molecule has 0 aliphatic rings. The Labute approximate surface area is 203 Å². The first kappa shape index (κ1) is 23.6. The number of thiazole rings is 1. The van der Waals surface area contributed by atoms with E-state index in [2.05, 4.69) is 9.97 Å². The quantitative estimate of drug-likeness (QED) is 0.388. The third-order valence-corrected chi connectivity index (χ3v) is 7.16. The highest BCUT2D eigenvalue weighted by atomic mass is 32.1. The molecule has 4 rings (SSSR count). The predicted octanol–water partition coefficient (Wildman–Crippen LogP) is 4.79. The molecule has 0 saturated carbocycles. The average molecular weight is 473 g/mol. The van der Waals surface area contributed by atoms with Gasteiger partial charge in [-0.2, -0.15) is 0 Å². The highest BCUT2D eigenvalue weighted by Crippen LogP contribution is 2.25. The van der Waals surface area contributed by atoms with E-state index in [1.54, 1.807) is 30.4 Å². The van der Waals surface area contributed by atoms with Crippen molar-refractivity contribution in [1.29, 1.82) is 0 Å². The maximum absolute atomic E-state index is 13.8. The van der Waals surface area contributed by atoms with Gasteiger partial charge in [0.2, 0.25) is 0 Å². The molecule has 0 radical (unpaired) electrons. The monoisotopic (exact) mass is 472 g/mol. The first-order chi connectivity index (χ1) is 16.4. The van der Waals surface area contributed by atoms with E-state index in [9.17, 15) is 9.59 Å². The van der Waals surface area contributed by atoms with Gasteiger partial charge in [0, 0.05) is 48.7 Å². The SMILES string of the molecule is Cc1ccccc1Cc1c(C(=O)N(C)C(C)c2nccs2)c(=O)cc(C)n1Cc1ccccn1. The summed E-state index contributed by atoms with van der Waals surface area (Å²) in [6.07, 6.45) is 3.95. The van der Waals surface area contributed by atoms with Crippen LogP contribution in [0.1, 0.15) is 56.5 Å². The second-order valence-electron chi connectivity index (χ2n) is 8.44. The van der Waals surface area contributed by atoms with Crippen LogP contribution in [0, 0.1) is 13.8 Å². The molecule has 0 N–H and O–H groups in total. The summed E-state index contributed by atoms with van der Waals surface area (Å²) < 4.78 is 2.05. The minimum Gasteiger partial charge on any atom is -0.342 e. The summed E-state index contributed by atoms with van der Waals surface area (Å²) in [6.45, 7) is 6.35. The van der Waals surface area contributed by atoms with Crippen LogP contribution in [0.25, 0.3) is 0 Å². The van der Waals surface area contributed by atoms with Gasteiger partial charge in [-0.25, -0.2) is 4.98 Å². The van der Waals surface area contributed by atoms with Gasteiger partial charge in [-0.05, 0) is 44.0 Å². The Hall–Kier alpha value is -3.58. The maximum atomic E-state index is 13.8. The van der Waals surface area contributed by atoms with Crippen LogP contribution in [0.15, 0.2) is 71.1 Å². The summed E-state index contributed by atoms with van der Waals surface area (Å²) in [7, 11) is 1.73. The third-order valence-electron chi connectivity index (χ3n) is 6.22. The van der Waals surface area contributed by atoms with Gasteiger partial charge in [-0.15, -0.1) is 11.3 Å². The lowest BCUT2D eigenvalue weighted by Gasteiger charge is -2.26. The van der Waals surface area contributed by atoms with Crippen LogP contribution in [-0.2, 0) is 13.0 Å². The Morgan fingerprint density at radius 1 is 1.09 bits per heavy atom. The third kappa shape index (κ3) is 4.84. The van der Waals surface area contributed by atoms with E-state index >= 15 is 0 Å². The van der Waals surface area contributed by atoms with Crippen LogP contribution in [-0.4, -0.2) is 32.4 Å². The Balaban J connectivity index is 1.85. The molecule has 0 aliphatic carbocycles. The average Bonchev–Trinajstić information content (AvgIpc) is 3.37. The largest absolute Gasteiger partial charge is 0.342 e. The molecule has 0 bridgehead atoms. The van der Waals surface area contributed by atoms with Gasteiger partial charge in [0.15, 0.2) is 5.43 Å². The molecule has 34 heavy (non-hydrogen) atoms. The molecule has 174 valence electrons. The van der Waals surface area contributed by atoms with Crippen molar-refractivity contribution in [1.82, 2.24) is 19.4 Å². The highest BCUT2D eigenvalue weighted by molar-refractivity contribution is 7.09. The van der Waals surface area contributed by atoms with Crippen molar-refractivity contribution in [2.75, 3.05) is 7.05 Å². The van der Waals surface area contributed by atoms with Crippen LogP contribution in [0.2, 0.25) is 0 Å². The number of pyridine rings is 2. The second-order valence-corrected chi connectivity index (χ2v) is 9.37. The zero-order valence-corrected chi connectivity index (χ0v) is 20.7. The van der Waals surface area contributed by atoms with Gasteiger partial charge in [0.25, 0.3) is 5.91 Å². The molecule has 6 nitrogen and oxygen atoms in total. The Morgan fingerprint density at radius 3 is 2.53 bits per heavy atom. The van der Waals surface area contributed by atoms with Gasteiger partial charge in [0.1, 0.15) is 10.6 Å². The van der Waals surface area contributed by atoms with Crippen LogP contribution in [0.5, 0.6) is 0 Å². The molecule has 1 amide bonds. The molecule has 3 aromatic heterocycles. The summed E-state index contributed by atoms with van der Waals surface area (Å²) in [4.78, 5) is 37.5. The number of benzene rings is 1. The van der Waals surface area contributed by atoms with Gasteiger partial charge in [0.05, 0.1) is 18.3 Å². The summed E-state index contributed by atoms with van der Waals surface area (Å²) in [5, 5.41) is 2.72. The molecule has 4 aromatic rings. The Bertz CT molecular complexity index is 1350. The van der Waals surface area contributed by atoms with Gasteiger partial charge >= 0.3 is 0 Å². The topological polar surface area (TPSA) is 68.1 Å². The van der Waals surface area contributed by atoms with Crippen LogP contribution in [0.4, 0.5) is 0 Å². The summed E-state index contributed by atoms with van der Waals surface area (Å²) in [6, 6.07) is 15.1. The number of carbonyl (C=O) groups excluding carboxylic acids is 1. The molecule has 0 fully saturated rings. The minimum atomic E-state index is -0.300. The van der Waals surface area contributed by atoms with Crippen molar-refractivity contribution in [3.63, 3.8) is 0 Å². The zero-order chi connectivity index (χ0) is 24.2. The highest BCUT2D eigenvalue weighted by Gasteiger charge is 2.27. The number of carbonyl (C=O) groups is 1. The van der Waals surface area contributed by atoms with Crippen molar-refractivity contribution in [3.05, 3.63) is 115 Å². The van der Waals surface area contributed by atoms with Crippen LogP contribution in [0.3, 0.4) is 0 Å². The fourth-order valence-corrected chi connectivity index (χ4v) is 4.80. The number of aromatic nitrogens is 3. The molecular weight excluding hydrogens is 444 g/mol. The van der Waals surface area contributed by atoms with E-state index < -0.39 is 0 Å². The number of hydrogen-bond donors (Lipinski definition) is 0. The van der Waals surface area contributed by atoms with E-state index in [1.165, 1.54) is 11.3 Å². The molecule has 0 saturated heterocycles. The molecule has 7 heteroatoms. The molecule has 1 aromatic carbocycles.